The first kappa shape index (κ1) is 19.5. The lowest BCUT2D eigenvalue weighted by molar-refractivity contribution is -0.123. The van der Waals surface area contributed by atoms with E-state index in [0.717, 1.165) is 32.6 Å². The van der Waals surface area contributed by atoms with E-state index < -0.39 is 0 Å². The lowest BCUT2D eigenvalue weighted by Crippen LogP contribution is -2.27. The van der Waals surface area contributed by atoms with Gasteiger partial charge in [0.05, 0.1) is 15.0 Å². The summed E-state index contributed by atoms with van der Waals surface area (Å²) in [5.41, 5.74) is 1.41. The second-order valence-corrected chi connectivity index (χ2v) is 9.30. The minimum Gasteiger partial charge on any atom is -0.506 e. The third-order valence-electron chi connectivity index (χ3n) is 4.43. The maximum absolute atomic E-state index is 12.9. The van der Waals surface area contributed by atoms with Gasteiger partial charge >= 0.3 is 0 Å². The molecule has 4 rings (SSSR count). The van der Waals surface area contributed by atoms with Crippen LogP contribution in [0.5, 0.6) is 5.75 Å². The molecule has 1 aliphatic rings. The second-order valence-electron chi connectivity index (χ2n) is 6.23. The van der Waals surface area contributed by atoms with Crippen LogP contribution in [-0.4, -0.2) is 21.2 Å². The number of thioether (sulfide) groups is 1. The molecule has 0 radical (unpaired) electrons. The fraction of sp³-hybridized carbons (Fsp3) is 0.0476. The first-order valence-corrected chi connectivity index (χ1v) is 11.0. The monoisotopic (exact) mass is 565 g/mol. The van der Waals surface area contributed by atoms with E-state index >= 15 is 0 Å². The van der Waals surface area contributed by atoms with Crippen LogP contribution in [0.4, 0.5) is 4.79 Å². The van der Waals surface area contributed by atoms with Crippen LogP contribution < -0.4 is 0 Å². The number of carbonyl (C=O) groups is 2. The number of imide groups is 1. The maximum Gasteiger partial charge on any atom is 0.293 e. The van der Waals surface area contributed by atoms with Crippen LogP contribution in [0, 0.1) is 3.57 Å². The number of aromatic hydroxyl groups is 1. The predicted molar refractivity (Wildman–Crippen MR) is 124 cm³/mol. The highest BCUT2D eigenvalue weighted by atomic mass is 127. The standard InChI is InChI=1S/C21H13BrINO3S/c22-15-8-14(19(25)17(23)10-15)9-18-20(26)24(21(27)28-18)11-13-6-3-5-12-4-1-2-7-16(12)13/h1-10,25H,11H2/b18-9-. The van der Waals surface area contributed by atoms with Crippen LogP contribution in [0.1, 0.15) is 11.1 Å². The van der Waals surface area contributed by atoms with Gasteiger partial charge < -0.3 is 5.11 Å². The molecule has 1 heterocycles. The molecule has 0 aromatic heterocycles. The fourth-order valence-corrected chi connectivity index (χ4v) is 5.45. The molecule has 1 saturated heterocycles. The Morgan fingerprint density at radius 1 is 1.11 bits per heavy atom. The summed E-state index contributed by atoms with van der Waals surface area (Å²) < 4.78 is 1.45. The highest BCUT2D eigenvalue weighted by Gasteiger charge is 2.35. The smallest absolute Gasteiger partial charge is 0.293 e. The van der Waals surface area contributed by atoms with Crippen molar-refractivity contribution in [2.24, 2.45) is 0 Å². The maximum atomic E-state index is 12.9. The van der Waals surface area contributed by atoms with Crippen molar-refractivity contribution in [2.75, 3.05) is 0 Å². The Kier molecular flexibility index (Phi) is 5.48. The Morgan fingerprint density at radius 2 is 1.86 bits per heavy atom. The third kappa shape index (κ3) is 3.70. The molecule has 28 heavy (non-hydrogen) atoms. The van der Waals surface area contributed by atoms with Gasteiger partial charge in [0.25, 0.3) is 11.1 Å². The minimum atomic E-state index is -0.350. The molecule has 2 amide bonds. The van der Waals surface area contributed by atoms with E-state index in [2.05, 4.69) is 15.9 Å². The molecule has 0 bridgehead atoms. The summed E-state index contributed by atoms with van der Waals surface area (Å²) in [6.45, 7) is 0.214. The zero-order valence-corrected chi connectivity index (χ0v) is 18.9. The number of hydrogen-bond acceptors (Lipinski definition) is 4. The van der Waals surface area contributed by atoms with Crippen molar-refractivity contribution >= 4 is 78.3 Å². The lowest BCUT2D eigenvalue weighted by Gasteiger charge is -2.14. The summed E-state index contributed by atoms with van der Waals surface area (Å²) in [5.74, 6) is -0.262. The molecule has 0 saturated carbocycles. The topological polar surface area (TPSA) is 57.6 Å². The number of carbonyl (C=O) groups excluding carboxylic acids is 2. The molecule has 3 aromatic carbocycles. The van der Waals surface area contributed by atoms with Gasteiger partial charge in [0.1, 0.15) is 5.75 Å². The Labute approximate surface area is 187 Å². The molecular formula is C21H13BrINO3S. The minimum absolute atomic E-state index is 0.0876. The Bertz CT molecular complexity index is 1160. The highest BCUT2D eigenvalue weighted by molar-refractivity contribution is 14.1. The first-order valence-electron chi connectivity index (χ1n) is 8.34. The molecule has 1 fully saturated rings. The average Bonchev–Trinajstić information content (AvgIpc) is 2.93. The largest absolute Gasteiger partial charge is 0.506 e. The summed E-state index contributed by atoms with van der Waals surface area (Å²) in [7, 11) is 0. The van der Waals surface area contributed by atoms with E-state index in [1.54, 1.807) is 18.2 Å². The number of rotatable bonds is 3. The molecule has 0 spiro atoms. The van der Waals surface area contributed by atoms with Crippen LogP contribution in [0.25, 0.3) is 16.8 Å². The Balaban J connectivity index is 1.66. The van der Waals surface area contributed by atoms with E-state index in [4.69, 9.17) is 0 Å². The van der Waals surface area contributed by atoms with Crippen LogP contribution in [0.15, 0.2) is 64.0 Å². The first-order chi connectivity index (χ1) is 13.4. The van der Waals surface area contributed by atoms with Crippen LogP contribution >= 0.6 is 50.3 Å². The van der Waals surface area contributed by atoms with E-state index in [1.165, 1.54) is 4.90 Å². The van der Waals surface area contributed by atoms with Crippen molar-refractivity contribution in [2.45, 2.75) is 6.54 Å². The van der Waals surface area contributed by atoms with Crippen LogP contribution in [0.2, 0.25) is 0 Å². The van der Waals surface area contributed by atoms with E-state index in [-0.39, 0.29) is 23.4 Å². The van der Waals surface area contributed by atoms with Crippen molar-refractivity contribution in [3.63, 3.8) is 0 Å². The van der Waals surface area contributed by atoms with Gasteiger partial charge in [-0.25, -0.2) is 0 Å². The van der Waals surface area contributed by atoms with Gasteiger partial charge in [0.2, 0.25) is 0 Å². The van der Waals surface area contributed by atoms with E-state index in [0.29, 0.717) is 14.0 Å². The zero-order chi connectivity index (χ0) is 19.8. The number of hydrogen-bond donors (Lipinski definition) is 1. The fourth-order valence-electron chi connectivity index (χ4n) is 3.07. The van der Waals surface area contributed by atoms with Crippen LogP contribution in [0.3, 0.4) is 0 Å². The van der Waals surface area contributed by atoms with Gasteiger partial charge in [0, 0.05) is 10.0 Å². The molecule has 1 aliphatic heterocycles. The molecule has 0 aliphatic carbocycles. The number of phenols is 1. The molecule has 1 N–H and O–H groups in total. The summed E-state index contributed by atoms with van der Waals surface area (Å²) in [6.07, 6.45) is 1.57. The van der Waals surface area contributed by atoms with Gasteiger partial charge in [-0.3, -0.25) is 14.5 Å². The molecule has 7 heteroatoms. The molecule has 0 atom stereocenters. The number of nitrogens with zero attached hydrogens (tertiary/aromatic N) is 1. The van der Waals surface area contributed by atoms with Gasteiger partial charge in [-0.05, 0) is 68.9 Å². The number of amides is 2. The summed E-state index contributed by atoms with van der Waals surface area (Å²) >= 11 is 6.30. The molecule has 4 nitrogen and oxygen atoms in total. The molecule has 3 aromatic rings. The molecule has 0 unspecified atom stereocenters. The van der Waals surface area contributed by atoms with Crippen LogP contribution in [-0.2, 0) is 11.3 Å². The Morgan fingerprint density at radius 3 is 2.68 bits per heavy atom. The van der Waals surface area contributed by atoms with Crippen molar-refractivity contribution in [1.29, 1.82) is 0 Å². The number of halogens is 2. The van der Waals surface area contributed by atoms with Crippen molar-refractivity contribution in [1.82, 2.24) is 4.90 Å². The average molecular weight is 566 g/mol. The lowest BCUT2D eigenvalue weighted by atomic mass is 10.0. The van der Waals surface area contributed by atoms with Crippen molar-refractivity contribution in [3.8, 4) is 5.75 Å². The highest BCUT2D eigenvalue weighted by Crippen LogP contribution is 2.37. The predicted octanol–water partition coefficient (Wildman–Crippen LogP) is 6.15. The molecule has 140 valence electrons. The van der Waals surface area contributed by atoms with Crippen molar-refractivity contribution in [3.05, 3.63) is 78.7 Å². The van der Waals surface area contributed by atoms with E-state index in [1.807, 2.05) is 65.1 Å². The number of fused-ring (bicyclic) bond motifs is 1. The summed E-state index contributed by atoms with van der Waals surface area (Å²) in [5, 5.41) is 12.0. The van der Waals surface area contributed by atoms with Gasteiger partial charge in [0.15, 0.2) is 0 Å². The zero-order valence-electron chi connectivity index (χ0n) is 14.4. The van der Waals surface area contributed by atoms with Gasteiger partial charge in [-0.1, -0.05) is 58.4 Å². The number of phenolic OH excluding ortho intramolecular Hbond substituents is 1. The number of benzene rings is 3. The normalized spacial score (nSPS) is 15.8. The second kappa shape index (κ2) is 7.88. The SMILES string of the molecule is O=C1S/C(=C\c2cc(Br)cc(I)c2O)C(=O)N1Cc1cccc2ccccc12. The van der Waals surface area contributed by atoms with Crippen molar-refractivity contribution < 1.29 is 14.7 Å². The van der Waals surface area contributed by atoms with Gasteiger partial charge in [-0.2, -0.15) is 0 Å². The summed E-state index contributed by atoms with van der Waals surface area (Å²) in [6, 6.07) is 17.2. The van der Waals surface area contributed by atoms with Gasteiger partial charge in [-0.15, -0.1) is 0 Å². The Hall–Kier alpha value is -1.84. The van der Waals surface area contributed by atoms with E-state index in [9.17, 15) is 14.7 Å². The third-order valence-corrected chi connectivity index (χ3v) is 6.61. The quantitative estimate of drug-likeness (QED) is 0.306. The molecular weight excluding hydrogens is 553 g/mol. The summed E-state index contributed by atoms with van der Waals surface area (Å²) in [4.78, 5) is 26.9.